The van der Waals surface area contributed by atoms with Crippen molar-refractivity contribution in [3.63, 3.8) is 0 Å². The second kappa shape index (κ2) is 6.69. The van der Waals surface area contributed by atoms with Crippen molar-refractivity contribution in [2.45, 2.75) is 32.9 Å². The van der Waals surface area contributed by atoms with Gasteiger partial charge in [-0.3, -0.25) is 4.68 Å². The number of rotatable bonds is 4. The van der Waals surface area contributed by atoms with E-state index in [9.17, 15) is 4.79 Å². The number of carbonyl (C=O) groups is 1. The van der Waals surface area contributed by atoms with Crippen molar-refractivity contribution in [2.75, 3.05) is 19.8 Å². The minimum absolute atomic E-state index is 0.0635. The highest BCUT2D eigenvalue weighted by molar-refractivity contribution is 5.74. The van der Waals surface area contributed by atoms with Crippen molar-refractivity contribution in [3.8, 4) is 0 Å². The highest BCUT2D eigenvalue weighted by Gasteiger charge is 2.27. The molecule has 1 aliphatic rings. The fourth-order valence-corrected chi connectivity index (χ4v) is 2.38. The Balaban J connectivity index is 1.88. The number of hydrogen-bond donors (Lipinski definition) is 1. The van der Waals surface area contributed by atoms with Crippen LogP contribution in [-0.2, 0) is 18.3 Å². The molecule has 0 aliphatic carbocycles. The first-order valence-electron chi connectivity index (χ1n) is 7.03. The molecule has 1 atom stereocenters. The number of aryl methyl sites for hydroxylation is 1. The summed E-state index contributed by atoms with van der Waals surface area (Å²) in [5.74, 6) is 1.16. The van der Waals surface area contributed by atoms with Crippen molar-refractivity contribution in [3.05, 3.63) is 12.2 Å². The molecule has 1 unspecified atom stereocenters. The maximum absolute atomic E-state index is 12.3. The maximum atomic E-state index is 12.3. The van der Waals surface area contributed by atoms with Gasteiger partial charge in [-0.1, -0.05) is 13.8 Å². The van der Waals surface area contributed by atoms with E-state index in [0.29, 0.717) is 38.0 Å². The fourth-order valence-electron chi connectivity index (χ4n) is 2.38. The zero-order valence-corrected chi connectivity index (χ0v) is 12.4. The van der Waals surface area contributed by atoms with E-state index in [4.69, 9.17) is 4.74 Å². The number of nitrogens with one attached hydrogen (secondary N) is 1. The number of carbonyl (C=O) groups excluding carboxylic acids is 1. The van der Waals surface area contributed by atoms with Crippen molar-refractivity contribution in [1.82, 2.24) is 25.0 Å². The van der Waals surface area contributed by atoms with Crippen LogP contribution >= 0.6 is 0 Å². The molecule has 112 valence electrons. The minimum atomic E-state index is -0.0635. The zero-order chi connectivity index (χ0) is 14.5. The number of urea groups is 1. The Kier molecular flexibility index (Phi) is 4.94. The van der Waals surface area contributed by atoms with Gasteiger partial charge in [0.2, 0.25) is 0 Å². The van der Waals surface area contributed by atoms with E-state index >= 15 is 0 Å². The predicted molar refractivity (Wildman–Crippen MR) is 74.0 cm³/mol. The highest BCUT2D eigenvalue weighted by Crippen LogP contribution is 2.15. The summed E-state index contributed by atoms with van der Waals surface area (Å²) < 4.78 is 7.10. The summed E-state index contributed by atoms with van der Waals surface area (Å²) >= 11 is 0. The lowest BCUT2D eigenvalue weighted by molar-refractivity contribution is 0.00547. The molecule has 2 amide bonds. The van der Waals surface area contributed by atoms with Crippen LogP contribution in [-0.4, -0.2) is 51.5 Å². The molecule has 1 fully saturated rings. The molecule has 2 rings (SSSR count). The van der Waals surface area contributed by atoms with E-state index in [0.717, 1.165) is 6.42 Å². The van der Waals surface area contributed by atoms with E-state index in [1.807, 2.05) is 4.90 Å². The van der Waals surface area contributed by atoms with Gasteiger partial charge in [-0.15, -0.1) is 0 Å². The highest BCUT2D eigenvalue weighted by atomic mass is 16.5. The molecule has 1 aromatic rings. The Hall–Kier alpha value is -1.63. The summed E-state index contributed by atoms with van der Waals surface area (Å²) in [4.78, 5) is 18.2. The number of hydrogen-bond acceptors (Lipinski definition) is 4. The third-order valence-corrected chi connectivity index (χ3v) is 3.28. The van der Waals surface area contributed by atoms with Crippen LogP contribution in [0.3, 0.4) is 0 Å². The molecule has 1 saturated heterocycles. The molecule has 0 spiro atoms. The average Bonchev–Trinajstić information content (AvgIpc) is 2.82. The van der Waals surface area contributed by atoms with Crippen LogP contribution in [0, 0.1) is 5.92 Å². The van der Waals surface area contributed by atoms with Crippen LogP contribution in [0.15, 0.2) is 6.33 Å². The van der Waals surface area contributed by atoms with Crippen molar-refractivity contribution < 1.29 is 9.53 Å². The van der Waals surface area contributed by atoms with Crippen LogP contribution in [0.25, 0.3) is 0 Å². The van der Waals surface area contributed by atoms with E-state index in [2.05, 4.69) is 29.2 Å². The molecule has 2 heterocycles. The monoisotopic (exact) mass is 281 g/mol. The Morgan fingerprint density at radius 3 is 3.05 bits per heavy atom. The van der Waals surface area contributed by atoms with Gasteiger partial charge in [-0.25, -0.2) is 9.78 Å². The van der Waals surface area contributed by atoms with E-state index in [1.165, 1.54) is 0 Å². The first-order chi connectivity index (χ1) is 9.56. The molecule has 1 N–H and O–H groups in total. The number of nitrogens with zero attached hydrogens (tertiary/aromatic N) is 4. The normalized spacial score (nSPS) is 19.4. The second-order valence-corrected chi connectivity index (χ2v) is 5.54. The molecular weight excluding hydrogens is 258 g/mol. The Labute approximate surface area is 119 Å². The number of amides is 2. The van der Waals surface area contributed by atoms with Crippen LogP contribution in [0.2, 0.25) is 0 Å². The molecule has 20 heavy (non-hydrogen) atoms. The topological polar surface area (TPSA) is 72.3 Å². The van der Waals surface area contributed by atoms with Gasteiger partial charge >= 0.3 is 6.03 Å². The van der Waals surface area contributed by atoms with E-state index in [-0.39, 0.29) is 12.1 Å². The van der Waals surface area contributed by atoms with Crippen molar-refractivity contribution in [2.24, 2.45) is 13.0 Å². The summed E-state index contributed by atoms with van der Waals surface area (Å²) in [7, 11) is 1.80. The maximum Gasteiger partial charge on any atom is 0.318 e. The lowest BCUT2D eigenvalue weighted by atomic mass is 10.0. The zero-order valence-electron chi connectivity index (χ0n) is 12.4. The summed E-state index contributed by atoms with van der Waals surface area (Å²) in [5, 5.41) is 7.02. The standard InChI is InChI=1S/C13H23N5O2/c1-10(2)6-11-8-20-5-4-18(11)13(19)14-7-12-15-9-17(3)16-12/h9-11H,4-8H2,1-3H3,(H,14,19). The first kappa shape index (κ1) is 14.8. The number of morpholine rings is 1. The summed E-state index contributed by atoms with van der Waals surface area (Å²) in [5.41, 5.74) is 0. The smallest absolute Gasteiger partial charge is 0.318 e. The molecule has 7 nitrogen and oxygen atoms in total. The molecule has 0 aromatic carbocycles. The van der Waals surface area contributed by atoms with Gasteiger partial charge in [-0.2, -0.15) is 5.10 Å². The molecule has 0 saturated carbocycles. The quantitative estimate of drug-likeness (QED) is 0.885. The van der Waals surface area contributed by atoms with Crippen LogP contribution in [0.5, 0.6) is 0 Å². The molecule has 1 aromatic heterocycles. The van der Waals surface area contributed by atoms with Crippen molar-refractivity contribution in [1.29, 1.82) is 0 Å². The molecule has 0 bridgehead atoms. The largest absolute Gasteiger partial charge is 0.377 e. The lowest BCUT2D eigenvalue weighted by Gasteiger charge is -2.36. The summed E-state index contributed by atoms with van der Waals surface area (Å²) in [6.07, 6.45) is 2.58. The van der Waals surface area contributed by atoms with E-state index in [1.54, 1.807) is 18.1 Å². The SMILES string of the molecule is CC(C)CC1COCCN1C(=O)NCc1ncn(C)n1. The predicted octanol–water partition coefficient (Wildman–Crippen LogP) is 0.772. The average molecular weight is 281 g/mol. The van der Waals surface area contributed by atoms with Gasteiger partial charge in [-0.05, 0) is 12.3 Å². The summed E-state index contributed by atoms with van der Waals surface area (Å²) in [6, 6.07) is 0.0897. The van der Waals surface area contributed by atoms with E-state index < -0.39 is 0 Å². The van der Waals surface area contributed by atoms with Gasteiger partial charge < -0.3 is 15.0 Å². The van der Waals surface area contributed by atoms with Gasteiger partial charge in [0.1, 0.15) is 6.33 Å². The minimum Gasteiger partial charge on any atom is -0.377 e. The Morgan fingerprint density at radius 2 is 2.40 bits per heavy atom. The lowest BCUT2D eigenvalue weighted by Crippen LogP contribution is -2.52. The molecule has 7 heteroatoms. The fraction of sp³-hybridized carbons (Fsp3) is 0.769. The first-order valence-corrected chi connectivity index (χ1v) is 7.03. The molecular formula is C13H23N5O2. The van der Waals surface area contributed by atoms with Gasteiger partial charge in [0, 0.05) is 13.6 Å². The Bertz CT molecular complexity index is 446. The summed E-state index contributed by atoms with van der Waals surface area (Å²) in [6.45, 7) is 6.52. The van der Waals surface area contributed by atoms with Crippen LogP contribution in [0.4, 0.5) is 4.79 Å². The second-order valence-electron chi connectivity index (χ2n) is 5.54. The number of ether oxygens (including phenoxy) is 1. The van der Waals surface area contributed by atoms with Gasteiger partial charge in [0.15, 0.2) is 5.82 Å². The van der Waals surface area contributed by atoms with Gasteiger partial charge in [0.25, 0.3) is 0 Å². The van der Waals surface area contributed by atoms with Gasteiger partial charge in [0.05, 0.1) is 25.8 Å². The van der Waals surface area contributed by atoms with Crippen molar-refractivity contribution >= 4 is 6.03 Å². The molecule has 1 aliphatic heterocycles. The third-order valence-electron chi connectivity index (χ3n) is 3.28. The Morgan fingerprint density at radius 1 is 1.60 bits per heavy atom. The molecule has 0 radical (unpaired) electrons. The third kappa shape index (κ3) is 3.93. The van der Waals surface area contributed by atoms with Crippen LogP contribution < -0.4 is 5.32 Å². The van der Waals surface area contributed by atoms with Crippen LogP contribution in [0.1, 0.15) is 26.1 Å². The number of aromatic nitrogens is 3.